The summed E-state index contributed by atoms with van der Waals surface area (Å²) in [5.74, 6) is 0. The molecule has 0 radical (unpaired) electrons. The summed E-state index contributed by atoms with van der Waals surface area (Å²) in [6, 6.07) is 41.1. The van der Waals surface area contributed by atoms with Crippen LogP contribution in [0.1, 0.15) is 49.9 Å². The van der Waals surface area contributed by atoms with Crippen molar-refractivity contribution in [2.24, 2.45) is 0 Å². The molecule has 0 heterocycles. The molecule has 4 nitrogen and oxygen atoms in total. The first-order valence-electron chi connectivity index (χ1n) is 13.5. The van der Waals surface area contributed by atoms with Gasteiger partial charge in [0.1, 0.15) is 0 Å². The molecular weight excluding hydrogens is 651 g/mol. The Morgan fingerprint density at radius 1 is 0.436 bits per heavy atom. The Hall–Kier alpha value is -2.41. The van der Waals surface area contributed by atoms with E-state index in [0.29, 0.717) is 26.4 Å². The maximum atomic E-state index is 6.78. The predicted molar refractivity (Wildman–Crippen MR) is 153 cm³/mol. The van der Waals surface area contributed by atoms with Gasteiger partial charge in [0.2, 0.25) is 0 Å². The molecule has 0 aliphatic rings. The molecule has 0 spiro atoms. The van der Waals surface area contributed by atoms with E-state index in [1.165, 1.54) is 11.1 Å². The van der Waals surface area contributed by atoms with Gasteiger partial charge in [0, 0.05) is 0 Å². The zero-order valence-corrected chi connectivity index (χ0v) is 27.1. The summed E-state index contributed by atoms with van der Waals surface area (Å²) in [5.41, 5.74) is 4.00. The molecule has 204 valence electrons. The van der Waals surface area contributed by atoms with Crippen molar-refractivity contribution in [3.05, 3.63) is 144 Å². The zero-order valence-electron chi connectivity index (χ0n) is 23.5. The van der Waals surface area contributed by atoms with Gasteiger partial charge in [0.15, 0.2) is 0 Å². The fourth-order valence-corrected chi connectivity index (χ4v) is 12.4. The summed E-state index contributed by atoms with van der Waals surface area (Å²) in [6.45, 7) is 10.3. The summed E-state index contributed by atoms with van der Waals surface area (Å²) < 4.78 is 26.9. The Kier molecular flexibility index (Phi) is 10.4. The quantitative estimate of drug-likeness (QED) is 0.125. The molecule has 5 heteroatoms. The molecule has 4 rings (SSSR count). The van der Waals surface area contributed by atoms with Crippen LogP contribution in [0.4, 0.5) is 0 Å². The third-order valence-corrected chi connectivity index (χ3v) is 14.0. The Morgan fingerprint density at radius 3 is 1.08 bits per heavy atom. The number of hydrogen-bond acceptors (Lipinski definition) is 4. The van der Waals surface area contributed by atoms with Crippen LogP contribution in [0.2, 0.25) is 0 Å². The number of rotatable bonds is 14. The molecule has 0 aliphatic carbocycles. The molecule has 0 bridgehead atoms. The van der Waals surface area contributed by atoms with Gasteiger partial charge in [-0.05, 0) is 0 Å². The van der Waals surface area contributed by atoms with Crippen molar-refractivity contribution in [3.63, 3.8) is 0 Å². The van der Waals surface area contributed by atoms with Crippen molar-refractivity contribution in [1.82, 2.24) is 0 Å². The molecule has 39 heavy (non-hydrogen) atoms. The van der Waals surface area contributed by atoms with Crippen molar-refractivity contribution in [2.75, 3.05) is 13.2 Å². The van der Waals surface area contributed by atoms with Crippen molar-refractivity contribution in [1.29, 1.82) is 0 Å². The van der Waals surface area contributed by atoms with Crippen LogP contribution in [0.25, 0.3) is 0 Å². The van der Waals surface area contributed by atoms with Gasteiger partial charge < -0.3 is 0 Å². The molecule has 0 aromatic heterocycles. The van der Waals surface area contributed by atoms with Crippen molar-refractivity contribution in [2.45, 2.75) is 51.7 Å². The first-order valence-corrected chi connectivity index (χ1v) is 19.4. The number of benzene rings is 4. The molecule has 4 aromatic carbocycles. The molecule has 0 saturated heterocycles. The van der Waals surface area contributed by atoms with Crippen LogP contribution in [0.3, 0.4) is 0 Å². The summed E-state index contributed by atoms with van der Waals surface area (Å²) in [6.07, 6.45) is 0. The maximum absolute atomic E-state index is 6.78. The SMILES string of the molecule is CC(C)(C[O][Hf]([O]Cc1ccccc1)([O]Cc1ccccc1)[O]CC(C)(C)c1ccccc1)c1ccccc1. The molecule has 0 fully saturated rings. The Labute approximate surface area is 240 Å². The summed E-state index contributed by atoms with van der Waals surface area (Å²) in [5, 5.41) is 0. The van der Waals surface area contributed by atoms with Gasteiger partial charge in [-0.3, -0.25) is 0 Å². The second kappa shape index (κ2) is 13.8. The standard InChI is InChI=1S/2C10H13O.2C7H7O.Hf/c2*1-10(2,8-11)9-6-4-3-5-7-9;2*8-6-7-4-2-1-3-5-7;/h2*3-7H,8H2,1-2H3;2*1-5H,6H2;/q4*-1;+4. The molecule has 0 atom stereocenters. The van der Waals surface area contributed by atoms with E-state index >= 15 is 0 Å². The minimum absolute atomic E-state index is 0.253. The summed E-state index contributed by atoms with van der Waals surface area (Å²) in [7, 11) is 0. The van der Waals surface area contributed by atoms with Gasteiger partial charge in [-0.15, -0.1) is 0 Å². The van der Waals surface area contributed by atoms with E-state index < -0.39 is 21.7 Å². The summed E-state index contributed by atoms with van der Waals surface area (Å²) >= 11 is -4.80. The van der Waals surface area contributed by atoms with Crippen LogP contribution in [-0.2, 0) is 57.2 Å². The van der Waals surface area contributed by atoms with Gasteiger partial charge in [0.25, 0.3) is 0 Å². The van der Waals surface area contributed by atoms with E-state index in [4.69, 9.17) is 11.4 Å². The second-order valence-electron chi connectivity index (χ2n) is 11.1. The van der Waals surface area contributed by atoms with Crippen LogP contribution < -0.4 is 0 Å². The second-order valence-corrected chi connectivity index (χ2v) is 18.9. The molecule has 0 amide bonds. The molecule has 4 aromatic rings. The Balaban J connectivity index is 1.62. The van der Waals surface area contributed by atoms with Crippen molar-refractivity contribution < 1.29 is 33.1 Å². The average Bonchev–Trinajstić information content (AvgIpc) is 2.98. The van der Waals surface area contributed by atoms with Crippen LogP contribution in [0, 0.1) is 0 Å². The fraction of sp³-hybridized carbons (Fsp3) is 0.294. The Bertz CT molecular complexity index is 1140. The van der Waals surface area contributed by atoms with Crippen LogP contribution in [0.5, 0.6) is 0 Å². The predicted octanol–water partition coefficient (Wildman–Crippen LogP) is 8.22. The molecule has 0 saturated carbocycles. The third kappa shape index (κ3) is 8.79. The van der Waals surface area contributed by atoms with Crippen LogP contribution >= 0.6 is 0 Å². The van der Waals surface area contributed by atoms with Gasteiger partial charge in [0.05, 0.1) is 0 Å². The third-order valence-electron chi connectivity index (χ3n) is 6.85. The molecular formula is C34H40HfO4. The minimum atomic E-state index is -4.80. The number of hydrogen-bond donors (Lipinski definition) is 0. The Morgan fingerprint density at radius 2 is 0.744 bits per heavy atom. The molecule has 0 aliphatic heterocycles. The van der Waals surface area contributed by atoms with Crippen LogP contribution in [0.15, 0.2) is 121 Å². The van der Waals surface area contributed by atoms with Crippen LogP contribution in [-0.4, -0.2) is 13.2 Å². The van der Waals surface area contributed by atoms with Crippen molar-refractivity contribution >= 4 is 0 Å². The average molecular weight is 691 g/mol. The first kappa shape index (κ1) is 29.6. The van der Waals surface area contributed by atoms with E-state index in [0.717, 1.165) is 11.1 Å². The molecule has 0 N–H and O–H groups in total. The van der Waals surface area contributed by atoms with Gasteiger partial charge >= 0.3 is 242 Å². The van der Waals surface area contributed by atoms with Gasteiger partial charge in [-0.1, -0.05) is 0 Å². The van der Waals surface area contributed by atoms with E-state index in [1.54, 1.807) is 0 Å². The van der Waals surface area contributed by atoms with E-state index in [2.05, 4.69) is 100 Å². The summed E-state index contributed by atoms with van der Waals surface area (Å²) in [4.78, 5) is 0. The fourth-order valence-electron chi connectivity index (χ4n) is 4.22. The van der Waals surface area contributed by atoms with E-state index in [-0.39, 0.29) is 10.8 Å². The van der Waals surface area contributed by atoms with E-state index in [9.17, 15) is 0 Å². The first-order chi connectivity index (χ1) is 18.8. The molecule has 0 unspecified atom stereocenters. The normalized spacial score (nSPS) is 12.4. The van der Waals surface area contributed by atoms with Gasteiger partial charge in [-0.2, -0.15) is 0 Å². The van der Waals surface area contributed by atoms with E-state index in [1.807, 2.05) is 48.5 Å². The topological polar surface area (TPSA) is 36.9 Å². The monoisotopic (exact) mass is 692 g/mol. The van der Waals surface area contributed by atoms with Crippen molar-refractivity contribution in [3.8, 4) is 0 Å². The van der Waals surface area contributed by atoms with Gasteiger partial charge in [-0.25, -0.2) is 0 Å². The zero-order chi connectivity index (χ0) is 27.6.